The number of hydrogen-bond donors (Lipinski definition) is 0. The molecule has 0 bridgehead atoms. The van der Waals surface area contributed by atoms with Crippen molar-refractivity contribution in [1.82, 2.24) is 0 Å². The normalized spacial score (nSPS) is 13.4. The first kappa shape index (κ1) is 23.8. The Morgan fingerprint density at radius 1 is 0.969 bits per heavy atom. The Kier molecular flexibility index (Phi) is 8.30. The van der Waals surface area contributed by atoms with Gasteiger partial charge in [0.05, 0.1) is 14.2 Å². The molecule has 4 nitrogen and oxygen atoms in total. The third-order valence-corrected chi connectivity index (χ3v) is 7.55. The summed E-state index contributed by atoms with van der Waals surface area (Å²) in [5, 5.41) is 1.10. The van der Waals surface area contributed by atoms with E-state index in [1.54, 1.807) is 21.3 Å². The summed E-state index contributed by atoms with van der Waals surface area (Å²) < 4.78 is 17.8. The van der Waals surface area contributed by atoms with Gasteiger partial charge in [0.25, 0.3) is 0 Å². The zero-order chi connectivity index (χ0) is 23.0. The molecule has 0 saturated carbocycles. The van der Waals surface area contributed by atoms with E-state index in [2.05, 4.69) is 61.3 Å². The van der Waals surface area contributed by atoms with E-state index < -0.39 is 0 Å². The van der Waals surface area contributed by atoms with E-state index in [4.69, 9.17) is 14.2 Å². The second kappa shape index (κ2) is 11.2. The van der Waals surface area contributed by atoms with Crippen LogP contribution in [0.25, 0.3) is 0 Å². The van der Waals surface area contributed by atoms with Crippen LogP contribution in [0.4, 0.5) is 0 Å². The standard InChI is InChI=1S/C27H32NO3P/c1-6-27(2,32-25-15-11-10-14-21(25)18-28-3)23-16-22(29-4)17-24(30-5)26(23)31-19-20-12-8-7-9-13-20/h7-18,32H,6,19H2,1-5H3/b28-18+. The number of nitrogens with zero attached hydrogens (tertiary/aromatic N) is 1. The quantitative estimate of drug-likeness (QED) is 0.283. The molecule has 32 heavy (non-hydrogen) atoms. The van der Waals surface area contributed by atoms with Gasteiger partial charge in [-0.1, -0.05) is 77.0 Å². The Bertz CT molecular complexity index is 1050. The maximum absolute atomic E-state index is 6.41. The number of methoxy groups -OCH3 is 2. The zero-order valence-corrected chi connectivity index (χ0v) is 20.5. The zero-order valence-electron chi connectivity index (χ0n) is 19.5. The second-order valence-electron chi connectivity index (χ2n) is 7.77. The second-order valence-corrected chi connectivity index (χ2v) is 9.66. The molecule has 5 heteroatoms. The Morgan fingerprint density at radius 3 is 2.34 bits per heavy atom. The number of benzene rings is 3. The van der Waals surface area contributed by atoms with Gasteiger partial charge in [-0.05, 0) is 28.9 Å². The van der Waals surface area contributed by atoms with Crippen molar-refractivity contribution < 1.29 is 14.2 Å². The number of aliphatic imine (C=N–C) groups is 1. The predicted molar refractivity (Wildman–Crippen MR) is 136 cm³/mol. The number of rotatable bonds is 10. The largest absolute Gasteiger partial charge is 0.497 e. The molecular formula is C27H32NO3P. The molecule has 2 atom stereocenters. The minimum Gasteiger partial charge on any atom is -0.497 e. The topological polar surface area (TPSA) is 40.0 Å². The fraction of sp³-hybridized carbons (Fsp3) is 0.296. The first-order chi connectivity index (χ1) is 15.5. The smallest absolute Gasteiger partial charge is 0.166 e. The molecule has 3 rings (SSSR count). The Labute approximate surface area is 193 Å². The van der Waals surface area contributed by atoms with Crippen LogP contribution >= 0.6 is 8.58 Å². The Balaban J connectivity index is 2.07. The van der Waals surface area contributed by atoms with Crippen LogP contribution in [0.2, 0.25) is 0 Å². The fourth-order valence-electron chi connectivity index (χ4n) is 3.64. The van der Waals surface area contributed by atoms with Crippen LogP contribution in [-0.4, -0.2) is 27.5 Å². The van der Waals surface area contributed by atoms with Crippen LogP contribution in [-0.2, 0) is 11.8 Å². The van der Waals surface area contributed by atoms with Gasteiger partial charge in [0.15, 0.2) is 11.5 Å². The van der Waals surface area contributed by atoms with E-state index in [0.717, 1.165) is 34.6 Å². The molecule has 0 radical (unpaired) electrons. The lowest BCUT2D eigenvalue weighted by atomic mass is 9.95. The minimum atomic E-state index is -0.175. The summed E-state index contributed by atoms with van der Waals surface area (Å²) in [5.41, 5.74) is 3.35. The van der Waals surface area contributed by atoms with E-state index in [0.29, 0.717) is 20.9 Å². The molecule has 0 heterocycles. The Morgan fingerprint density at radius 2 is 1.69 bits per heavy atom. The molecule has 0 aliphatic heterocycles. The predicted octanol–water partition coefficient (Wildman–Crippen LogP) is 5.96. The average Bonchev–Trinajstić information content (AvgIpc) is 2.84. The maximum atomic E-state index is 6.41. The number of hydrogen-bond acceptors (Lipinski definition) is 4. The molecule has 3 aromatic carbocycles. The molecule has 0 aliphatic rings. The van der Waals surface area contributed by atoms with Crippen molar-refractivity contribution in [1.29, 1.82) is 0 Å². The third kappa shape index (κ3) is 5.49. The molecule has 0 fully saturated rings. The lowest BCUT2D eigenvalue weighted by Gasteiger charge is -2.32. The van der Waals surface area contributed by atoms with Crippen molar-refractivity contribution >= 4 is 20.1 Å². The summed E-state index contributed by atoms with van der Waals surface area (Å²) in [6.45, 7) is 4.98. The van der Waals surface area contributed by atoms with Crippen molar-refractivity contribution in [2.45, 2.75) is 32.0 Å². The first-order valence-corrected chi connectivity index (χ1v) is 11.8. The summed E-state index contributed by atoms with van der Waals surface area (Å²) in [5.74, 6) is 2.22. The first-order valence-electron chi connectivity index (χ1n) is 10.8. The molecule has 0 spiro atoms. The summed E-state index contributed by atoms with van der Waals surface area (Å²) in [6, 6.07) is 22.6. The van der Waals surface area contributed by atoms with Gasteiger partial charge in [-0.15, -0.1) is 0 Å². The van der Waals surface area contributed by atoms with Crippen molar-refractivity contribution in [2.24, 2.45) is 4.99 Å². The highest BCUT2D eigenvalue weighted by Gasteiger charge is 2.32. The van der Waals surface area contributed by atoms with Crippen molar-refractivity contribution in [3.05, 3.63) is 83.4 Å². The van der Waals surface area contributed by atoms with Gasteiger partial charge >= 0.3 is 0 Å². The van der Waals surface area contributed by atoms with E-state index in [-0.39, 0.29) is 5.16 Å². The Hall–Kier alpha value is -2.84. The van der Waals surface area contributed by atoms with Gasteiger partial charge in [0.2, 0.25) is 0 Å². The highest BCUT2D eigenvalue weighted by atomic mass is 31.1. The molecule has 0 aromatic heterocycles. The highest BCUT2D eigenvalue weighted by Crippen LogP contribution is 2.51. The highest BCUT2D eigenvalue weighted by molar-refractivity contribution is 7.48. The molecule has 168 valence electrons. The van der Waals surface area contributed by atoms with Crippen LogP contribution in [0.5, 0.6) is 17.2 Å². The van der Waals surface area contributed by atoms with Gasteiger partial charge < -0.3 is 14.2 Å². The number of ether oxygens (including phenoxy) is 3. The van der Waals surface area contributed by atoms with Gasteiger partial charge in [-0.25, -0.2) is 0 Å². The van der Waals surface area contributed by atoms with Crippen molar-refractivity contribution in [3.63, 3.8) is 0 Å². The third-order valence-electron chi connectivity index (χ3n) is 5.65. The lowest BCUT2D eigenvalue weighted by molar-refractivity contribution is 0.277. The van der Waals surface area contributed by atoms with Crippen LogP contribution in [0.15, 0.2) is 71.7 Å². The van der Waals surface area contributed by atoms with Crippen LogP contribution in [0, 0.1) is 0 Å². The van der Waals surface area contributed by atoms with Gasteiger partial charge in [0.1, 0.15) is 12.4 Å². The summed E-state index contributed by atoms with van der Waals surface area (Å²) in [7, 11) is 5.68. The van der Waals surface area contributed by atoms with Crippen LogP contribution in [0.1, 0.15) is 37.0 Å². The van der Waals surface area contributed by atoms with Gasteiger partial charge in [0, 0.05) is 30.0 Å². The maximum Gasteiger partial charge on any atom is 0.166 e. The summed E-state index contributed by atoms with van der Waals surface area (Å²) in [4.78, 5) is 4.25. The molecule has 0 saturated heterocycles. The van der Waals surface area contributed by atoms with Gasteiger partial charge in [-0.2, -0.15) is 0 Å². The molecular weight excluding hydrogens is 417 g/mol. The van der Waals surface area contributed by atoms with Crippen LogP contribution in [0.3, 0.4) is 0 Å². The fourth-order valence-corrected chi connectivity index (χ4v) is 5.20. The van der Waals surface area contributed by atoms with E-state index in [1.807, 2.05) is 30.5 Å². The monoisotopic (exact) mass is 449 g/mol. The molecule has 3 aromatic rings. The molecule has 2 unspecified atom stereocenters. The van der Waals surface area contributed by atoms with Crippen molar-refractivity contribution in [2.75, 3.05) is 21.3 Å². The molecule has 0 amide bonds. The SMILES string of the molecule is CCC(C)(Pc1ccccc1/C=N/C)c1cc(OC)cc(OC)c1OCc1ccccc1. The van der Waals surface area contributed by atoms with E-state index >= 15 is 0 Å². The van der Waals surface area contributed by atoms with Crippen LogP contribution < -0.4 is 19.5 Å². The van der Waals surface area contributed by atoms with Gasteiger partial charge in [-0.3, -0.25) is 4.99 Å². The average molecular weight is 450 g/mol. The van der Waals surface area contributed by atoms with E-state index in [9.17, 15) is 0 Å². The minimum absolute atomic E-state index is 0.175. The van der Waals surface area contributed by atoms with Crippen molar-refractivity contribution in [3.8, 4) is 17.2 Å². The molecule has 0 N–H and O–H groups in total. The van der Waals surface area contributed by atoms with E-state index in [1.165, 1.54) is 5.30 Å². The lowest BCUT2D eigenvalue weighted by Crippen LogP contribution is -2.21. The summed E-state index contributed by atoms with van der Waals surface area (Å²) in [6.07, 6.45) is 2.86. The summed E-state index contributed by atoms with van der Waals surface area (Å²) >= 11 is 0. The molecule has 0 aliphatic carbocycles.